The van der Waals surface area contributed by atoms with E-state index in [1.807, 2.05) is 26.0 Å². The van der Waals surface area contributed by atoms with Crippen molar-refractivity contribution in [1.29, 1.82) is 0 Å². The number of ketones is 1. The quantitative estimate of drug-likeness (QED) is 0.642. The topological polar surface area (TPSA) is 46.5 Å². The molecule has 0 unspecified atom stereocenters. The molecule has 2 aromatic carbocycles. The lowest BCUT2D eigenvalue weighted by atomic mass is 9.95. The molecule has 2 aromatic rings. The summed E-state index contributed by atoms with van der Waals surface area (Å²) in [6, 6.07) is 7.14. The minimum atomic E-state index is -0.305. The third-order valence-electron chi connectivity index (χ3n) is 4.03. The number of halogens is 1. The first-order valence-electron chi connectivity index (χ1n) is 7.21. The summed E-state index contributed by atoms with van der Waals surface area (Å²) < 4.78 is 5.35. The van der Waals surface area contributed by atoms with Gasteiger partial charge in [-0.1, -0.05) is 29.8 Å². The van der Waals surface area contributed by atoms with E-state index in [1.54, 1.807) is 25.1 Å². The van der Waals surface area contributed by atoms with Crippen LogP contribution in [0, 0.1) is 20.8 Å². The smallest absolute Gasteiger partial charge is 0.193 e. The van der Waals surface area contributed by atoms with E-state index in [9.17, 15) is 9.90 Å². The van der Waals surface area contributed by atoms with Crippen LogP contribution < -0.4 is 4.74 Å². The maximum atomic E-state index is 12.5. The van der Waals surface area contributed by atoms with Gasteiger partial charge in [-0.2, -0.15) is 0 Å². The van der Waals surface area contributed by atoms with Crippen molar-refractivity contribution < 1.29 is 14.6 Å². The summed E-state index contributed by atoms with van der Waals surface area (Å²) in [5.41, 5.74) is 3.50. The van der Waals surface area contributed by atoms with Gasteiger partial charge in [-0.3, -0.25) is 4.79 Å². The maximum Gasteiger partial charge on any atom is 0.193 e. The van der Waals surface area contributed by atoms with Gasteiger partial charge in [0.05, 0.1) is 7.11 Å². The zero-order valence-corrected chi connectivity index (χ0v) is 14.4. The van der Waals surface area contributed by atoms with Crippen molar-refractivity contribution in [3.63, 3.8) is 0 Å². The standard InChI is InChI=1S/C19H19ClO3/c1-11-12(2)18(22)17(19(23-4)13(11)3)16(21)10-7-14-5-8-15(20)9-6-14/h5-10,22H,1-4H3/b10-7+. The van der Waals surface area contributed by atoms with Gasteiger partial charge in [0.1, 0.15) is 17.1 Å². The van der Waals surface area contributed by atoms with Crippen molar-refractivity contribution in [2.24, 2.45) is 0 Å². The van der Waals surface area contributed by atoms with Crippen molar-refractivity contribution in [3.8, 4) is 11.5 Å². The largest absolute Gasteiger partial charge is 0.507 e. The summed E-state index contributed by atoms with van der Waals surface area (Å²) in [5, 5.41) is 11.0. The predicted octanol–water partition coefficient (Wildman–Crippen LogP) is 4.88. The van der Waals surface area contributed by atoms with Crippen LogP contribution in [0.1, 0.15) is 32.6 Å². The lowest BCUT2D eigenvalue weighted by Gasteiger charge is -2.16. The van der Waals surface area contributed by atoms with Gasteiger partial charge in [0.15, 0.2) is 5.78 Å². The van der Waals surface area contributed by atoms with Crippen molar-refractivity contribution in [2.75, 3.05) is 7.11 Å². The molecule has 0 fully saturated rings. The van der Waals surface area contributed by atoms with E-state index in [4.69, 9.17) is 16.3 Å². The van der Waals surface area contributed by atoms with Crippen LogP contribution in [0.4, 0.5) is 0 Å². The summed E-state index contributed by atoms with van der Waals surface area (Å²) >= 11 is 5.84. The number of benzene rings is 2. The monoisotopic (exact) mass is 330 g/mol. The number of rotatable bonds is 4. The molecule has 0 heterocycles. The van der Waals surface area contributed by atoms with E-state index in [-0.39, 0.29) is 17.1 Å². The van der Waals surface area contributed by atoms with E-state index >= 15 is 0 Å². The number of carbonyl (C=O) groups is 1. The zero-order chi connectivity index (χ0) is 17.1. The molecule has 0 aliphatic heterocycles. The molecule has 4 heteroatoms. The molecule has 0 aliphatic rings. The summed E-state index contributed by atoms with van der Waals surface area (Å²) in [6.45, 7) is 5.56. The Balaban J connectivity index is 2.45. The van der Waals surface area contributed by atoms with Gasteiger partial charge >= 0.3 is 0 Å². The van der Waals surface area contributed by atoms with Gasteiger partial charge in [-0.15, -0.1) is 0 Å². The first-order chi connectivity index (χ1) is 10.9. The minimum absolute atomic E-state index is 0.0318. The number of phenolic OH excluding ortho intramolecular Hbond substituents is 1. The molecule has 0 bridgehead atoms. The molecule has 3 nitrogen and oxygen atoms in total. The maximum absolute atomic E-state index is 12.5. The van der Waals surface area contributed by atoms with Gasteiger partial charge in [0.25, 0.3) is 0 Å². The van der Waals surface area contributed by atoms with Crippen molar-refractivity contribution in [1.82, 2.24) is 0 Å². The van der Waals surface area contributed by atoms with E-state index < -0.39 is 0 Å². The normalized spacial score (nSPS) is 11.0. The number of aromatic hydroxyl groups is 1. The Morgan fingerprint density at radius 1 is 1.09 bits per heavy atom. The van der Waals surface area contributed by atoms with Crippen molar-refractivity contribution in [3.05, 3.63) is 63.2 Å². The van der Waals surface area contributed by atoms with E-state index in [2.05, 4.69) is 0 Å². The highest BCUT2D eigenvalue weighted by atomic mass is 35.5. The summed E-state index contributed by atoms with van der Waals surface area (Å²) in [4.78, 5) is 12.5. The Kier molecular flexibility index (Phi) is 5.12. The number of methoxy groups -OCH3 is 1. The number of phenols is 1. The summed E-state index contributed by atoms with van der Waals surface area (Å²) in [6.07, 6.45) is 3.11. The highest BCUT2D eigenvalue weighted by Gasteiger charge is 2.22. The van der Waals surface area contributed by atoms with E-state index in [0.717, 1.165) is 16.7 Å². The molecule has 0 atom stereocenters. The van der Waals surface area contributed by atoms with Crippen LogP contribution in [0.5, 0.6) is 11.5 Å². The van der Waals surface area contributed by atoms with Crippen LogP contribution in [0.3, 0.4) is 0 Å². The fourth-order valence-electron chi connectivity index (χ4n) is 2.42. The van der Waals surface area contributed by atoms with Crippen LogP contribution in [0.25, 0.3) is 6.08 Å². The van der Waals surface area contributed by atoms with Gasteiger partial charge in [0.2, 0.25) is 0 Å². The lowest BCUT2D eigenvalue weighted by molar-refractivity contribution is 0.104. The van der Waals surface area contributed by atoms with Crippen LogP contribution in [-0.2, 0) is 0 Å². The first-order valence-corrected chi connectivity index (χ1v) is 7.59. The SMILES string of the molecule is COc1c(C)c(C)c(C)c(O)c1C(=O)/C=C/c1ccc(Cl)cc1. The number of hydrogen-bond acceptors (Lipinski definition) is 3. The van der Waals surface area contributed by atoms with E-state index in [0.29, 0.717) is 16.3 Å². The van der Waals surface area contributed by atoms with Crippen LogP contribution in [-0.4, -0.2) is 18.0 Å². The molecular formula is C19H19ClO3. The molecule has 0 spiro atoms. The van der Waals surface area contributed by atoms with Crippen LogP contribution in [0.2, 0.25) is 5.02 Å². The van der Waals surface area contributed by atoms with Gasteiger partial charge in [-0.25, -0.2) is 0 Å². The molecule has 23 heavy (non-hydrogen) atoms. The second kappa shape index (κ2) is 6.88. The molecule has 1 N–H and O–H groups in total. The zero-order valence-electron chi connectivity index (χ0n) is 13.6. The summed E-state index contributed by atoms with van der Waals surface area (Å²) in [7, 11) is 1.50. The molecule has 120 valence electrons. The Bertz CT molecular complexity index is 774. The third-order valence-corrected chi connectivity index (χ3v) is 4.28. The average Bonchev–Trinajstić information content (AvgIpc) is 2.55. The molecule has 0 aliphatic carbocycles. The molecule has 0 radical (unpaired) electrons. The van der Waals surface area contributed by atoms with Gasteiger partial charge in [0, 0.05) is 5.02 Å². The van der Waals surface area contributed by atoms with Gasteiger partial charge in [-0.05, 0) is 61.2 Å². The molecular weight excluding hydrogens is 312 g/mol. The third kappa shape index (κ3) is 3.40. The number of ether oxygens (including phenoxy) is 1. The highest BCUT2D eigenvalue weighted by molar-refractivity contribution is 6.30. The molecule has 2 rings (SSSR count). The molecule has 0 aromatic heterocycles. The Morgan fingerprint density at radius 2 is 1.70 bits per heavy atom. The highest BCUT2D eigenvalue weighted by Crippen LogP contribution is 2.37. The average molecular weight is 331 g/mol. The molecule has 0 amide bonds. The number of carbonyl (C=O) groups excluding carboxylic acids is 1. The Morgan fingerprint density at radius 3 is 2.26 bits per heavy atom. The van der Waals surface area contributed by atoms with Crippen molar-refractivity contribution in [2.45, 2.75) is 20.8 Å². The Labute approximate surface area is 141 Å². The Hall–Kier alpha value is -2.26. The van der Waals surface area contributed by atoms with Crippen LogP contribution >= 0.6 is 11.6 Å². The van der Waals surface area contributed by atoms with Gasteiger partial charge < -0.3 is 9.84 Å². The first kappa shape index (κ1) is 17.1. The predicted molar refractivity (Wildman–Crippen MR) is 93.7 cm³/mol. The van der Waals surface area contributed by atoms with Crippen molar-refractivity contribution >= 4 is 23.5 Å². The second-order valence-corrected chi connectivity index (χ2v) is 5.82. The number of hydrogen-bond donors (Lipinski definition) is 1. The van der Waals surface area contributed by atoms with E-state index in [1.165, 1.54) is 13.2 Å². The lowest BCUT2D eigenvalue weighted by Crippen LogP contribution is -2.05. The summed E-state index contributed by atoms with van der Waals surface area (Å²) in [5.74, 6) is 0.0764. The molecule has 0 saturated carbocycles. The number of allylic oxidation sites excluding steroid dienone is 1. The minimum Gasteiger partial charge on any atom is -0.507 e. The fourth-order valence-corrected chi connectivity index (χ4v) is 2.55. The second-order valence-electron chi connectivity index (χ2n) is 5.38. The van der Waals surface area contributed by atoms with Crippen LogP contribution in [0.15, 0.2) is 30.3 Å². The molecule has 0 saturated heterocycles. The fraction of sp³-hybridized carbons (Fsp3) is 0.211.